The van der Waals surface area contributed by atoms with Crippen molar-refractivity contribution >= 4 is 43.6 Å². The predicted octanol–water partition coefficient (Wildman–Crippen LogP) is 17.6. The molecule has 13 heteroatoms. The topological polar surface area (TPSA) is 129 Å². The van der Waals surface area contributed by atoms with Crippen LogP contribution in [0.4, 0.5) is 26.3 Å². The second kappa shape index (κ2) is 19.1. The summed E-state index contributed by atoms with van der Waals surface area (Å²) >= 11 is 0. The molecule has 2 aromatic heterocycles. The van der Waals surface area contributed by atoms with Crippen LogP contribution in [0.25, 0.3) is 111 Å². The third kappa shape index (κ3) is 8.66. The fourth-order valence-electron chi connectivity index (χ4n) is 10.6. The molecule has 0 saturated carbocycles. The van der Waals surface area contributed by atoms with Gasteiger partial charge >= 0.3 is 12.4 Å². The van der Waals surface area contributed by atoms with Crippen molar-refractivity contribution in [1.29, 1.82) is 26.3 Å². The Morgan fingerprint density at radius 3 is 0.812 bits per heavy atom. The summed E-state index contributed by atoms with van der Waals surface area (Å²) in [5.41, 5.74) is 6.70. The Balaban J connectivity index is 1.26. The number of aromatic nitrogens is 2. The average molecular weight is 1050 g/mol. The van der Waals surface area contributed by atoms with Gasteiger partial charge in [0.25, 0.3) is 0 Å². The van der Waals surface area contributed by atoms with E-state index in [1.165, 1.54) is 12.1 Å². The molecule has 0 aliphatic carbocycles. The number of hydrogen-bond donors (Lipinski definition) is 0. The molecule has 0 radical (unpaired) electrons. The average Bonchev–Trinajstić information content (AvgIpc) is 3.40. The number of nitriles is 5. The number of fused-ring (bicyclic) bond motifs is 6. The van der Waals surface area contributed by atoms with Crippen LogP contribution >= 0.6 is 0 Å². The van der Waals surface area contributed by atoms with Gasteiger partial charge < -0.3 is 9.13 Å². The molecule has 7 nitrogen and oxygen atoms in total. The molecular weight excluding hydrogens is 1020 g/mol. The first kappa shape index (κ1) is 49.7. The molecule has 0 fully saturated rings. The Morgan fingerprint density at radius 2 is 0.550 bits per heavy atom. The van der Waals surface area contributed by atoms with Crippen molar-refractivity contribution in [1.82, 2.24) is 9.13 Å². The SMILES string of the molecule is N#Cc1ccc(-c2ccc3c4ccc(-c5ccc(C#N)cc5)cc4n(-c4cc(C#N)c(-c5cc(C(F)(F)F)cc(C(F)(F)F)c5)cc4-n4c5cc(-c6ccc(C#N)cc6)ccc5c5ccc(-c6ccc(C#N)cc6)cc54)c3c2)cc1. The molecule has 2 heterocycles. The van der Waals surface area contributed by atoms with Crippen molar-refractivity contribution in [2.45, 2.75) is 12.4 Å². The zero-order valence-electron chi connectivity index (χ0n) is 41.5. The molecule has 0 saturated heterocycles. The van der Waals surface area contributed by atoms with Gasteiger partial charge in [-0.15, -0.1) is 0 Å². The first-order chi connectivity index (χ1) is 38.6. The van der Waals surface area contributed by atoms with Crippen LogP contribution in [0.1, 0.15) is 38.9 Å². The molecule has 0 N–H and O–H groups in total. The van der Waals surface area contributed by atoms with E-state index in [9.17, 15) is 52.7 Å². The van der Waals surface area contributed by atoms with Crippen LogP contribution in [-0.4, -0.2) is 9.13 Å². The van der Waals surface area contributed by atoms with E-state index in [0.29, 0.717) is 62.1 Å². The van der Waals surface area contributed by atoms with Crippen LogP contribution in [0, 0.1) is 56.7 Å². The molecule has 0 amide bonds. The largest absolute Gasteiger partial charge is 0.416 e. The maximum absolute atomic E-state index is 14.8. The molecule has 80 heavy (non-hydrogen) atoms. The van der Waals surface area contributed by atoms with Crippen LogP contribution in [0.15, 0.2) is 200 Å². The Bertz CT molecular complexity index is 4500. The summed E-state index contributed by atoms with van der Waals surface area (Å²) in [5.74, 6) is 0. The highest BCUT2D eigenvalue weighted by molar-refractivity contribution is 6.14. The highest BCUT2D eigenvalue weighted by Gasteiger charge is 2.37. The number of benzene rings is 10. The Kier molecular flexibility index (Phi) is 11.9. The minimum absolute atomic E-state index is 0.0577. The van der Waals surface area contributed by atoms with Gasteiger partial charge in [0, 0.05) is 27.1 Å². The molecule has 0 aliphatic heterocycles. The third-order valence-corrected chi connectivity index (χ3v) is 14.5. The maximum atomic E-state index is 14.8. The number of alkyl halides is 6. The van der Waals surface area contributed by atoms with Crippen LogP contribution in [0.5, 0.6) is 0 Å². The van der Waals surface area contributed by atoms with Crippen molar-refractivity contribution in [3.05, 3.63) is 239 Å². The van der Waals surface area contributed by atoms with E-state index in [1.54, 1.807) is 48.5 Å². The van der Waals surface area contributed by atoms with Crippen molar-refractivity contribution < 1.29 is 26.3 Å². The van der Waals surface area contributed by atoms with Crippen molar-refractivity contribution in [3.63, 3.8) is 0 Å². The van der Waals surface area contributed by atoms with Gasteiger partial charge in [0.2, 0.25) is 0 Å². The van der Waals surface area contributed by atoms with E-state index >= 15 is 0 Å². The van der Waals surface area contributed by atoms with Crippen molar-refractivity contribution in [2.75, 3.05) is 0 Å². The van der Waals surface area contributed by atoms with E-state index in [0.717, 1.165) is 66.1 Å². The van der Waals surface area contributed by atoms with Gasteiger partial charge in [0.1, 0.15) is 0 Å². The van der Waals surface area contributed by atoms with Gasteiger partial charge in [0.15, 0.2) is 0 Å². The zero-order valence-corrected chi connectivity index (χ0v) is 41.5. The molecule has 10 aromatic carbocycles. The first-order valence-electron chi connectivity index (χ1n) is 24.7. The van der Waals surface area contributed by atoms with E-state index in [1.807, 2.05) is 130 Å². The Labute approximate surface area is 452 Å². The van der Waals surface area contributed by atoms with Gasteiger partial charge in [-0.3, -0.25) is 0 Å². The summed E-state index contributed by atoms with van der Waals surface area (Å²) < 4.78 is 92.4. The van der Waals surface area contributed by atoms with Gasteiger partial charge in [0.05, 0.1) is 103 Å². The van der Waals surface area contributed by atoms with E-state index in [4.69, 9.17) is 0 Å². The Morgan fingerprint density at radius 1 is 0.275 bits per heavy atom. The minimum atomic E-state index is -5.20. The second-order valence-corrected chi connectivity index (χ2v) is 19.1. The normalized spacial score (nSPS) is 11.6. The maximum Gasteiger partial charge on any atom is 0.416 e. The molecule has 378 valence electrons. The number of halogens is 6. The standard InChI is InChI=1S/C67H33F6N7/c68-66(69,70)53-25-51(26-54(32-53)67(71,72)73)59-33-65(80-62-29-49(45-13-5-41(36-76)6-14-45)19-23-57(62)58-24-20-50(30-63(58)80)46-15-7-42(37-77)8-16-46)64(31-52(59)38-78)79-60-27-47(43-9-1-39(34-74)2-10-43)17-21-55(60)56-22-18-48(28-61(56)79)44-11-3-40(35-75)4-12-44/h1-33H. The molecule has 0 bridgehead atoms. The first-order valence-corrected chi connectivity index (χ1v) is 24.7. The molecular formula is C67H33F6N7. The molecule has 0 spiro atoms. The molecule has 0 unspecified atom stereocenters. The van der Waals surface area contributed by atoms with E-state index < -0.39 is 29.0 Å². The fourth-order valence-corrected chi connectivity index (χ4v) is 10.6. The van der Waals surface area contributed by atoms with Gasteiger partial charge in [-0.25, -0.2) is 0 Å². The number of hydrogen-bond acceptors (Lipinski definition) is 5. The van der Waals surface area contributed by atoms with Crippen LogP contribution < -0.4 is 0 Å². The summed E-state index contributed by atoms with van der Waals surface area (Å²) in [5, 5.41) is 52.9. The lowest BCUT2D eigenvalue weighted by Crippen LogP contribution is -2.11. The lowest BCUT2D eigenvalue weighted by atomic mass is 9.94. The summed E-state index contributed by atoms with van der Waals surface area (Å²) in [6.07, 6.45) is -10.4. The third-order valence-electron chi connectivity index (χ3n) is 14.5. The van der Waals surface area contributed by atoms with Gasteiger partial charge in [-0.2, -0.15) is 52.7 Å². The molecule has 0 atom stereocenters. The lowest BCUT2D eigenvalue weighted by molar-refractivity contribution is -0.143. The summed E-state index contributed by atoms with van der Waals surface area (Å²) in [4.78, 5) is 0. The van der Waals surface area contributed by atoms with Crippen LogP contribution in [-0.2, 0) is 12.4 Å². The number of nitrogens with zero attached hydrogens (tertiary/aromatic N) is 7. The Hall–Kier alpha value is -11.2. The monoisotopic (exact) mass is 1050 g/mol. The highest BCUT2D eigenvalue weighted by Crippen LogP contribution is 2.46. The number of rotatable bonds is 7. The van der Waals surface area contributed by atoms with Crippen molar-refractivity contribution in [2.24, 2.45) is 0 Å². The quantitative estimate of drug-likeness (QED) is 0.147. The zero-order chi connectivity index (χ0) is 55.6. The van der Waals surface area contributed by atoms with Crippen molar-refractivity contribution in [3.8, 4) is 97.4 Å². The molecule has 0 aliphatic rings. The smallest absolute Gasteiger partial charge is 0.307 e. The van der Waals surface area contributed by atoms with E-state index in [2.05, 4.69) is 30.3 Å². The predicted molar refractivity (Wildman–Crippen MR) is 296 cm³/mol. The summed E-state index contributed by atoms with van der Waals surface area (Å²) in [6.45, 7) is 0. The second-order valence-electron chi connectivity index (χ2n) is 19.1. The van der Waals surface area contributed by atoms with Gasteiger partial charge in [-0.1, -0.05) is 97.1 Å². The highest BCUT2D eigenvalue weighted by atomic mass is 19.4. The van der Waals surface area contributed by atoms with E-state index in [-0.39, 0.29) is 22.9 Å². The van der Waals surface area contributed by atoms with Crippen LogP contribution in [0.2, 0.25) is 0 Å². The fraction of sp³-hybridized carbons (Fsp3) is 0.0299. The summed E-state index contributed by atoms with van der Waals surface area (Å²) in [7, 11) is 0. The van der Waals surface area contributed by atoms with Crippen LogP contribution in [0.3, 0.4) is 0 Å². The lowest BCUT2D eigenvalue weighted by Gasteiger charge is -2.21. The molecule has 12 aromatic rings. The minimum Gasteiger partial charge on any atom is -0.307 e. The molecule has 12 rings (SSSR count). The summed E-state index contributed by atoms with van der Waals surface area (Å²) in [6, 6.07) is 66.4. The van der Waals surface area contributed by atoms with Gasteiger partial charge in [-0.05, 0) is 153 Å².